The second-order valence-corrected chi connectivity index (χ2v) is 2.71. The van der Waals surface area contributed by atoms with Crippen LogP contribution in [0.5, 0.6) is 11.5 Å². The molecule has 0 heterocycles. The van der Waals surface area contributed by atoms with E-state index in [0.29, 0.717) is 11.3 Å². The van der Waals surface area contributed by atoms with Gasteiger partial charge in [0, 0.05) is 6.07 Å². The smallest absolute Gasteiger partial charge is 0.181 e. The van der Waals surface area contributed by atoms with Crippen LogP contribution in [0, 0.1) is 0 Å². The van der Waals surface area contributed by atoms with Crippen molar-refractivity contribution in [1.29, 1.82) is 0 Å². The molecule has 70 valence electrons. The van der Waals surface area contributed by atoms with E-state index in [2.05, 4.69) is 0 Å². The van der Waals surface area contributed by atoms with Crippen LogP contribution in [0.1, 0.15) is 10.4 Å². The molecule has 0 aliphatic heterocycles. The second-order valence-electron chi connectivity index (χ2n) is 2.44. The normalized spacial score (nSPS) is 9.69. The highest BCUT2D eigenvalue weighted by molar-refractivity contribution is 6.30. The Morgan fingerprint density at radius 1 is 1.62 bits per heavy atom. The van der Waals surface area contributed by atoms with Gasteiger partial charge in [-0.1, -0.05) is 0 Å². The summed E-state index contributed by atoms with van der Waals surface area (Å²) < 4.78 is 4.91. The molecule has 13 heavy (non-hydrogen) atoms. The molecule has 0 fully saturated rings. The summed E-state index contributed by atoms with van der Waals surface area (Å²) in [4.78, 5) is 11.2. The van der Waals surface area contributed by atoms with Crippen molar-refractivity contribution in [3.8, 4) is 11.5 Å². The van der Waals surface area contributed by atoms with Gasteiger partial charge in [-0.15, -0.1) is 11.6 Å². The van der Waals surface area contributed by atoms with E-state index in [0.717, 1.165) is 0 Å². The Bertz CT molecular complexity index is 323. The lowest BCUT2D eigenvalue weighted by Crippen LogP contribution is -2.02. The Morgan fingerprint density at radius 3 is 2.85 bits per heavy atom. The number of carbonyl (C=O) groups is 1. The molecule has 0 bridgehead atoms. The third-order valence-corrected chi connectivity index (χ3v) is 1.85. The Morgan fingerprint density at radius 2 is 2.31 bits per heavy atom. The molecule has 1 aromatic rings. The highest BCUT2D eigenvalue weighted by Crippen LogP contribution is 2.24. The number of hydrogen-bond donors (Lipinski definition) is 1. The third-order valence-electron chi connectivity index (χ3n) is 1.61. The summed E-state index contributed by atoms with van der Waals surface area (Å²) >= 11 is 5.39. The minimum atomic E-state index is -0.224. The first kappa shape index (κ1) is 9.86. The quantitative estimate of drug-likeness (QED) is 0.598. The van der Waals surface area contributed by atoms with Crippen LogP contribution in [-0.4, -0.2) is 23.9 Å². The highest BCUT2D eigenvalue weighted by Gasteiger charge is 2.10. The molecule has 0 aliphatic rings. The Balaban J connectivity index is 3.13. The molecule has 0 amide bonds. The van der Waals surface area contributed by atoms with Crippen LogP contribution in [-0.2, 0) is 0 Å². The molecule has 0 saturated carbocycles. The van der Waals surface area contributed by atoms with Gasteiger partial charge in [-0.3, -0.25) is 4.79 Å². The first-order chi connectivity index (χ1) is 6.19. The van der Waals surface area contributed by atoms with E-state index in [4.69, 9.17) is 21.4 Å². The minimum Gasteiger partial charge on any atom is -0.508 e. The Kier molecular flexibility index (Phi) is 3.14. The van der Waals surface area contributed by atoms with E-state index < -0.39 is 0 Å². The van der Waals surface area contributed by atoms with Crippen LogP contribution in [0.2, 0.25) is 0 Å². The predicted molar refractivity (Wildman–Crippen MR) is 49.7 cm³/mol. The molecule has 0 aromatic heterocycles. The van der Waals surface area contributed by atoms with Gasteiger partial charge in [-0.05, 0) is 12.1 Å². The molecule has 0 unspecified atom stereocenters. The van der Waals surface area contributed by atoms with Gasteiger partial charge < -0.3 is 9.84 Å². The number of benzene rings is 1. The van der Waals surface area contributed by atoms with E-state index >= 15 is 0 Å². The van der Waals surface area contributed by atoms with Crippen molar-refractivity contribution in [2.45, 2.75) is 0 Å². The number of phenolic OH excluding ortho intramolecular Hbond substituents is 1. The summed E-state index contributed by atoms with van der Waals surface area (Å²) in [6.45, 7) is 0. The lowest BCUT2D eigenvalue weighted by molar-refractivity contribution is 0.101. The summed E-state index contributed by atoms with van der Waals surface area (Å²) in [6, 6.07) is 4.28. The van der Waals surface area contributed by atoms with Gasteiger partial charge in [0.15, 0.2) is 5.78 Å². The van der Waals surface area contributed by atoms with E-state index in [1.807, 2.05) is 0 Å². The zero-order valence-corrected chi connectivity index (χ0v) is 7.84. The molecule has 0 aliphatic carbocycles. The number of halogens is 1. The average molecular weight is 201 g/mol. The molecule has 0 radical (unpaired) electrons. The highest BCUT2D eigenvalue weighted by atomic mass is 35.5. The molecule has 1 N–H and O–H groups in total. The number of rotatable bonds is 3. The fourth-order valence-electron chi connectivity index (χ4n) is 0.982. The second kappa shape index (κ2) is 4.14. The van der Waals surface area contributed by atoms with Gasteiger partial charge in [-0.2, -0.15) is 0 Å². The summed E-state index contributed by atoms with van der Waals surface area (Å²) in [7, 11) is 1.43. The number of ether oxygens (including phenoxy) is 1. The molecular weight excluding hydrogens is 192 g/mol. The summed E-state index contributed by atoms with van der Waals surface area (Å²) in [5.74, 6) is 0.0772. The lowest BCUT2D eigenvalue weighted by atomic mass is 10.1. The van der Waals surface area contributed by atoms with Crippen LogP contribution in [0.3, 0.4) is 0 Å². The van der Waals surface area contributed by atoms with Crippen LogP contribution >= 0.6 is 11.6 Å². The number of carbonyl (C=O) groups excluding carboxylic acids is 1. The number of hydrogen-bond acceptors (Lipinski definition) is 3. The van der Waals surface area contributed by atoms with E-state index in [9.17, 15) is 4.79 Å². The van der Waals surface area contributed by atoms with Crippen LogP contribution in [0.15, 0.2) is 18.2 Å². The molecule has 0 spiro atoms. The van der Waals surface area contributed by atoms with Crippen molar-refractivity contribution >= 4 is 17.4 Å². The van der Waals surface area contributed by atoms with Crippen LogP contribution in [0.25, 0.3) is 0 Å². The zero-order valence-electron chi connectivity index (χ0n) is 7.08. The molecule has 3 nitrogen and oxygen atoms in total. The van der Waals surface area contributed by atoms with Gasteiger partial charge in [0.05, 0.1) is 18.6 Å². The monoisotopic (exact) mass is 200 g/mol. The van der Waals surface area contributed by atoms with Gasteiger partial charge in [0.1, 0.15) is 11.5 Å². The van der Waals surface area contributed by atoms with Crippen molar-refractivity contribution < 1.29 is 14.6 Å². The largest absolute Gasteiger partial charge is 0.508 e. The zero-order chi connectivity index (χ0) is 9.84. The van der Waals surface area contributed by atoms with Crippen molar-refractivity contribution in [2.24, 2.45) is 0 Å². The molecular formula is C9H9ClO3. The van der Waals surface area contributed by atoms with E-state index in [-0.39, 0.29) is 17.4 Å². The van der Waals surface area contributed by atoms with Crippen molar-refractivity contribution in [3.05, 3.63) is 23.8 Å². The number of Topliss-reactive ketones (excluding diaryl/α,β-unsaturated/α-hetero) is 1. The molecule has 0 atom stereocenters. The molecule has 4 heteroatoms. The van der Waals surface area contributed by atoms with Gasteiger partial charge in [0.2, 0.25) is 0 Å². The first-order valence-electron chi connectivity index (χ1n) is 3.65. The van der Waals surface area contributed by atoms with Crippen LogP contribution < -0.4 is 4.74 Å². The maximum Gasteiger partial charge on any atom is 0.181 e. The van der Waals surface area contributed by atoms with Gasteiger partial charge in [0.25, 0.3) is 0 Å². The maximum atomic E-state index is 11.2. The lowest BCUT2D eigenvalue weighted by Gasteiger charge is -2.05. The fourth-order valence-corrected chi connectivity index (χ4v) is 1.13. The maximum absolute atomic E-state index is 11.2. The van der Waals surface area contributed by atoms with Crippen molar-refractivity contribution in [2.75, 3.05) is 13.0 Å². The molecule has 0 saturated heterocycles. The van der Waals surface area contributed by atoms with Gasteiger partial charge >= 0.3 is 0 Å². The Labute approximate surface area is 80.9 Å². The SMILES string of the molecule is COc1cc(O)ccc1C(=O)CCl. The third kappa shape index (κ3) is 2.12. The predicted octanol–water partition coefficient (Wildman–Crippen LogP) is 1.82. The van der Waals surface area contributed by atoms with E-state index in [1.165, 1.54) is 25.3 Å². The number of aromatic hydroxyl groups is 1. The average Bonchev–Trinajstić information content (AvgIpc) is 2.16. The standard InChI is InChI=1S/C9H9ClO3/c1-13-9-4-6(11)2-3-7(9)8(12)5-10/h2-4,11H,5H2,1H3. The number of phenols is 1. The van der Waals surface area contributed by atoms with Crippen LogP contribution in [0.4, 0.5) is 0 Å². The van der Waals surface area contributed by atoms with E-state index in [1.54, 1.807) is 0 Å². The topological polar surface area (TPSA) is 46.5 Å². The minimum absolute atomic E-state index is 0.0583. The fraction of sp³-hybridized carbons (Fsp3) is 0.222. The number of alkyl halides is 1. The summed E-state index contributed by atoms with van der Waals surface area (Å²) in [6.07, 6.45) is 0. The Hall–Kier alpha value is -1.22. The van der Waals surface area contributed by atoms with Gasteiger partial charge in [-0.25, -0.2) is 0 Å². The first-order valence-corrected chi connectivity index (χ1v) is 4.18. The van der Waals surface area contributed by atoms with Crippen molar-refractivity contribution in [1.82, 2.24) is 0 Å². The number of methoxy groups -OCH3 is 1. The summed E-state index contributed by atoms with van der Waals surface area (Å²) in [5.41, 5.74) is 0.385. The molecule has 1 rings (SSSR count). The molecule has 1 aromatic carbocycles. The van der Waals surface area contributed by atoms with Crippen molar-refractivity contribution in [3.63, 3.8) is 0 Å². The summed E-state index contributed by atoms with van der Waals surface area (Å²) in [5, 5.41) is 9.10. The number of ketones is 1.